The fourth-order valence-electron chi connectivity index (χ4n) is 3.87. The molecule has 0 aromatic heterocycles. The lowest BCUT2D eigenvalue weighted by molar-refractivity contribution is -0.0449. The number of benzene rings is 1. The minimum absolute atomic E-state index is 0.0331. The molecule has 3 rings (SSSR count). The fraction of sp³-hybridized carbons (Fsp3) is 0.650. The zero-order chi connectivity index (χ0) is 18.7. The first-order valence-electron chi connectivity index (χ1n) is 9.47. The molecule has 1 aromatic carbocycles. The fourth-order valence-corrected chi connectivity index (χ4v) is 3.87. The van der Waals surface area contributed by atoms with Crippen LogP contribution < -0.4 is 10.2 Å². The molecule has 0 saturated carbocycles. The molecule has 1 spiro atoms. The summed E-state index contributed by atoms with van der Waals surface area (Å²) in [5.41, 5.74) is 2.54. The minimum Gasteiger partial charge on any atom is -0.378 e. The van der Waals surface area contributed by atoms with E-state index < -0.39 is 0 Å². The zero-order valence-electron chi connectivity index (χ0n) is 16.5. The van der Waals surface area contributed by atoms with Crippen molar-refractivity contribution in [2.45, 2.75) is 37.5 Å². The maximum absolute atomic E-state index is 11.8. The molecule has 2 aliphatic rings. The van der Waals surface area contributed by atoms with Gasteiger partial charge in [0.25, 0.3) is 0 Å². The van der Waals surface area contributed by atoms with Crippen molar-refractivity contribution < 1.29 is 9.53 Å². The van der Waals surface area contributed by atoms with E-state index >= 15 is 0 Å². The maximum Gasteiger partial charge on any atom is 0.317 e. The normalized spacial score (nSPS) is 22.4. The molecule has 2 saturated heterocycles. The van der Waals surface area contributed by atoms with Gasteiger partial charge in [-0.1, -0.05) is 12.1 Å². The summed E-state index contributed by atoms with van der Waals surface area (Å²) in [6.45, 7) is 3.71. The third-order valence-electron chi connectivity index (χ3n) is 5.57. The van der Waals surface area contributed by atoms with Crippen LogP contribution in [0.15, 0.2) is 24.3 Å². The number of rotatable bonds is 4. The molecule has 2 heterocycles. The van der Waals surface area contributed by atoms with Gasteiger partial charge in [-0.2, -0.15) is 0 Å². The number of carbonyl (C=O) groups excluding carboxylic acids is 1. The first kappa shape index (κ1) is 19.0. The Morgan fingerprint density at radius 3 is 2.42 bits per heavy atom. The summed E-state index contributed by atoms with van der Waals surface area (Å²) in [5, 5.41) is 3.06. The number of urea groups is 1. The van der Waals surface area contributed by atoms with Gasteiger partial charge >= 0.3 is 6.03 Å². The van der Waals surface area contributed by atoms with E-state index in [2.05, 4.69) is 53.5 Å². The zero-order valence-corrected chi connectivity index (χ0v) is 16.5. The molecule has 1 aromatic rings. The Balaban J connectivity index is 1.47. The Bertz CT molecular complexity index is 607. The van der Waals surface area contributed by atoms with Gasteiger partial charge in [0, 0.05) is 53.5 Å². The molecule has 0 unspecified atom stereocenters. The number of carbonyl (C=O) groups is 1. The van der Waals surface area contributed by atoms with Crippen LogP contribution in [-0.4, -0.2) is 75.4 Å². The molecule has 0 radical (unpaired) electrons. The quantitative estimate of drug-likeness (QED) is 0.894. The highest BCUT2D eigenvalue weighted by atomic mass is 16.5. The number of hydrogen-bond acceptors (Lipinski definition) is 4. The van der Waals surface area contributed by atoms with Gasteiger partial charge in [-0.3, -0.25) is 4.90 Å². The molecule has 144 valence electrons. The highest BCUT2D eigenvalue weighted by Crippen LogP contribution is 2.36. The van der Waals surface area contributed by atoms with Gasteiger partial charge in [0.2, 0.25) is 0 Å². The van der Waals surface area contributed by atoms with Crippen molar-refractivity contribution in [2.75, 3.05) is 52.8 Å². The Labute approximate surface area is 157 Å². The van der Waals surface area contributed by atoms with Crippen LogP contribution >= 0.6 is 0 Å². The average molecular weight is 361 g/mol. The monoisotopic (exact) mass is 360 g/mol. The summed E-state index contributed by atoms with van der Waals surface area (Å²) in [7, 11) is 7.67. The van der Waals surface area contributed by atoms with E-state index in [0.29, 0.717) is 6.61 Å². The smallest absolute Gasteiger partial charge is 0.317 e. The van der Waals surface area contributed by atoms with Crippen molar-refractivity contribution in [3.63, 3.8) is 0 Å². The van der Waals surface area contributed by atoms with Crippen LogP contribution in [0.3, 0.4) is 0 Å². The summed E-state index contributed by atoms with van der Waals surface area (Å²) in [6, 6.07) is 8.90. The van der Waals surface area contributed by atoms with Crippen molar-refractivity contribution in [1.29, 1.82) is 0 Å². The molecule has 1 N–H and O–H groups in total. The number of ether oxygens (including phenoxy) is 1. The number of piperidine rings is 1. The first-order valence-corrected chi connectivity index (χ1v) is 9.47. The molecule has 2 amide bonds. The maximum atomic E-state index is 11.8. The van der Waals surface area contributed by atoms with E-state index in [4.69, 9.17) is 4.74 Å². The van der Waals surface area contributed by atoms with Crippen LogP contribution in [0.5, 0.6) is 0 Å². The molecule has 6 heteroatoms. The lowest BCUT2D eigenvalue weighted by atomic mass is 9.87. The Kier molecular flexibility index (Phi) is 5.73. The summed E-state index contributed by atoms with van der Waals surface area (Å²) in [4.78, 5) is 18.0. The van der Waals surface area contributed by atoms with Gasteiger partial charge in [-0.05, 0) is 37.0 Å². The number of nitrogens with one attached hydrogen (secondary N) is 1. The third-order valence-corrected chi connectivity index (χ3v) is 5.57. The second-order valence-electron chi connectivity index (χ2n) is 8.08. The van der Waals surface area contributed by atoms with Crippen LogP contribution in [0, 0.1) is 0 Å². The van der Waals surface area contributed by atoms with Crippen molar-refractivity contribution in [3.8, 4) is 0 Å². The molecular weight excluding hydrogens is 328 g/mol. The molecule has 6 nitrogen and oxygen atoms in total. The highest BCUT2D eigenvalue weighted by molar-refractivity contribution is 5.73. The molecule has 2 fully saturated rings. The number of anilines is 1. The summed E-state index contributed by atoms with van der Waals surface area (Å²) >= 11 is 0. The summed E-state index contributed by atoms with van der Waals surface area (Å²) in [5.74, 6) is 0. The summed E-state index contributed by atoms with van der Waals surface area (Å²) in [6.07, 6.45) is 3.01. The van der Waals surface area contributed by atoms with Gasteiger partial charge in [-0.25, -0.2) is 4.79 Å². The molecule has 0 bridgehead atoms. The lowest BCUT2D eigenvalue weighted by Gasteiger charge is -2.38. The van der Waals surface area contributed by atoms with E-state index in [-0.39, 0.29) is 17.7 Å². The topological polar surface area (TPSA) is 48.1 Å². The van der Waals surface area contributed by atoms with Gasteiger partial charge in [0.15, 0.2) is 0 Å². The van der Waals surface area contributed by atoms with E-state index in [0.717, 1.165) is 38.9 Å². The first-order chi connectivity index (χ1) is 12.4. The van der Waals surface area contributed by atoms with Crippen LogP contribution in [0.2, 0.25) is 0 Å². The van der Waals surface area contributed by atoms with Crippen LogP contribution in [0.4, 0.5) is 10.5 Å². The predicted octanol–water partition coefficient (Wildman–Crippen LogP) is 2.15. The van der Waals surface area contributed by atoms with E-state index in [1.807, 2.05) is 0 Å². The molecule has 26 heavy (non-hydrogen) atoms. The van der Waals surface area contributed by atoms with Crippen LogP contribution in [-0.2, 0) is 11.3 Å². The van der Waals surface area contributed by atoms with E-state index in [9.17, 15) is 4.79 Å². The van der Waals surface area contributed by atoms with Gasteiger partial charge in [0.1, 0.15) is 0 Å². The SMILES string of the molecule is CN(C)C(=O)N[C@@H]1COC2(CCN(Cc3ccc(N(C)C)cc3)CC2)C1. The molecular formula is C20H32N4O2. The van der Waals surface area contributed by atoms with Crippen LogP contribution in [0.1, 0.15) is 24.8 Å². The van der Waals surface area contributed by atoms with E-state index in [1.54, 1.807) is 19.0 Å². The van der Waals surface area contributed by atoms with E-state index in [1.165, 1.54) is 11.3 Å². The van der Waals surface area contributed by atoms with Crippen molar-refractivity contribution >= 4 is 11.7 Å². The van der Waals surface area contributed by atoms with Crippen molar-refractivity contribution in [2.24, 2.45) is 0 Å². The predicted molar refractivity (Wildman–Crippen MR) is 105 cm³/mol. The Hall–Kier alpha value is -1.79. The second-order valence-corrected chi connectivity index (χ2v) is 8.08. The standard InChI is InChI=1S/C20H32N4O2/c1-22(2)18-7-5-16(6-8-18)14-24-11-9-20(10-12-24)13-17(15-26-20)21-19(25)23(3)4/h5-8,17H,9-15H2,1-4H3,(H,21,25)/t17-/m0/s1. The van der Waals surface area contributed by atoms with Gasteiger partial charge in [0.05, 0.1) is 18.2 Å². The lowest BCUT2D eigenvalue weighted by Crippen LogP contribution is -2.45. The number of hydrogen-bond donors (Lipinski definition) is 1. The Morgan fingerprint density at radius 2 is 1.85 bits per heavy atom. The largest absolute Gasteiger partial charge is 0.378 e. The number of amides is 2. The molecule has 2 aliphatic heterocycles. The molecule has 0 aliphatic carbocycles. The van der Waals surface area contributed by atoms with Crippen molar-refractivity contribution in [1.82, 2.24) is 15.1 Å². The molecule has 1 atom stereocenters. The highest BCUT2D eigenvalue weighted by Gasteiger charge is 2.43. The van der Waals surface area contributed by atoms with Crippen LogP contribution in [0.25, 0.3) is 0 Å². The Morgan fingerprint density at radius 1 is 1.19 bits per heavy atom. The van der Waals surface area contributed by atoms with Crippen molar-refractivity contribution in [3.05, 3.63) is 29.8 Å². The van der Waals surface area contributed by atoms with Gasteiger partial charge < -0.3 is 19.9 Å². The average Bonchev–Trinajstić information content (AvgIpc) is 3.00. The van der Waals surface area contributed by atoms with Gasteiger partial charge in [-0.15, -0.1) is 0 Å². The minimum atomic E-state index is -0.0461. The second kappa shape index (κ2) is 7.84. The number of nitrogens with zero attached hydrogens (tertiary/aromatic N) is 3. The summed E-state index contributed by atoms with van der Waals surface area (Å²) < 4.78 is 6.15. The third kappa shape index (κ3) is 4.48. The number of likely N-dealkylation sites (tertiary alicyclic amines) is 1.